The average Bonchev–Trinajstić information content (AvgIpc) is 3.15. The lowest BCUT2D eigenvalue weighted by molar-refractivity contribution is -0.133. The molecule has 9 heteroatoms. The number of benzene rings is 1. The lowest BCUT2D eigenvalue weighted by Crippen LogP contribution is -2.47. The number of para-hydroxylation sites is 1. The van der Waals surface area contributed by atoms with E-state index in [1.807, 2.05) is 23.1 Å². The average molecular weight is 354 g/mol. The van der Waals surface area contributed by atoms with Crippen LogP contribution in [0.25, 0.3) is 10.9 Å². The fourth-order valence-corrected chi connectivity index (χ4v) is 2.97. The zero-order chi connectivity index (χ0) is 17.9. The largest absolute Gasteiger partial charge is 0.366 e. The zero-order valence-corrected chi connectivity index (χ0v) is 13.9. The first-order valence-electron chi connectivity index (χ1n) is 8.30. The molecule has 0 bridgehead atoms. The van der Waals surface area contributed by atoms with Gasteiger partial charge in [0.2, 0.25) is 0 Å². The molecule has 26 heavy (non-hydrogen) atoms. The van der Waals surface area contributed by atoms with E-state index < -0.39 is 6.10 Å². The third kappa shape index (κ3) is 3.48. The molecule has 1 unspecified atom stereocenters. The van der Waals surface area contributed by atoms with Crippen molar-refractivity contribution >= 4 is 22.5 Å². The number of nitrogens with zero attached hydrogens (tertiary/aromatic N) is 3. The summed E-state index contributed by atoms with van der Waals surface area (Å²) in [7, 11) is 0. The predicted molar refractivity (Wildman–Crippen MR) is 94.6 cm³/mol. The van der Waals surface area contributed by atoms with Gasteiger partial charge in [-0.3, -0.25) is 19.6 Å². The Balaban J connectivity index is 1.45. The minimum Gasteiger partial charge on any atom is -0.366 e. The summed E-state index contributed by atoms with van der Waals surface area (Å²) in [5.74, 6) is 0.348. The molecule has 1 aromatic carbocycles. The van der Waals surface area contributed by atoms with Gasteiger partial charge in [0.1, 0.15) is 11.9 Å². The van der Waals surface area contributed by atoms with Gasteiger partial charge in [0, 0.05) is 19.3 Å². The van der Waals surface area contributed by atoms with Crippen LogP contribution in [-0.4, -0.2) is 56.8 Å². The molecule has 134 valence electrons. The Morgan fingerprint density at radius 1 is 1.38 bits per heavy atom. The van der Waals surface area contributed by atoms with Crippen LogP contribution in [0.3, 0.4) is 0 Å². The van der Waals surface area contributed by atoms with Crippen molar-refractivity contribution in [3.05, 3.63) is 52.8 Å². The highest BCUT2D eigenvalue weighted by Crippen LogP contribution is 2.12. The van der Waals surface area contributed by atoms with E-state index in [0.29, 0.717) is 48.7 Å². The fourth-order valence-electron chi connectivity index (χ4n) is 2.97. The lowest BCUT2D eigenvalue weighted by atomic mass is 10.2. The maximum absolute atomic E-state index is 12.3. The van der Waals surface area contributed by atoms with Gasteiger partial charge in [0.05, 0.1) is 35.9 Å². The Hall–Kier alpha value is -3.04. The smallest absolute Gasteiger partial charge is 0.258 e. The van der Waals surface area contributed by atoms with Crippen molar-refractivity contribution in [1.29, 1.82) is 0 Å². The Bertz CT molecular complexity index is 968. The third-order valence-corrected chi connectivity index (χ3v) is 4.24. The molecule has 4 rings (SSSR count). The fraction of sp³-hybridized carbons (Fsp3) is 0.294. The van der Waals surface area contributed by atoms with E-state index in [1.165, 1.54) is 6.20 Å². The molecule has 2 aromatic heterocycles. The maximum Gasteiger partial charge on any atom is 0.258 e. The number of hydrogen-bond donors (Lipinski definition) is 3. The Kier molecular flexibility index (Phi) is 4.46. The SMILES string of the molecule is O=C(Nc1cn[nH]c1)C1CN(Cc2nc3ccccc3c(=O)[nH]2)CCO1. The topological polar surface area (TPSA) is 116 Å². The number of morpholine rings is 1. The van der Waals surface area contributed by atoms with Gasteiger partial charge in [0.25, 0.3) is 11.5 Å². The summed E-state index contributed by atoms with van der Waals surface area (Å²) in [5.41, 5.74) is 1.10. The van der Waals surface area contributed by atoms with Crippen LogP contribution in [0.4, 0.5) is 5.69 Å². The molecule has 1 saturated heterocycles. The summed E-state index contributed by atoms with van der Waals surface area (Å²) in [6.45, 7) is 1.95. The van der Waals surface area contributed by atoms with Gasteiger partial charge in [-0.25, -0.2) is 4.98 Å². The standard InChI is InChI=1S/C17H18N6O3/c24-16-12-3-1-2-4-13(12)21-15(22-16)10-23-5-6-26-14(9-23)17(25)20-11-7-18-19-8-11/h1-4,7-8,14H,5-6,9-10H2,(H,18,19)(H,20,25)(H,21,22,24). The van der Waals surface area contributed by atoms with Gasteiger partial charge < -0.3 is 15.0 Å². The molecule has 1 aliphatic heterocycles. The van der Waals surface area contributed by atoms with Crippen molar-refractivity contribution in [2.45, 2.75) is 12.6 Å². The predicted octanol–water partition coefficient (Wildman–Crippen LogP) is 0.486. The number of aromatic amines is 2. The number of carbonyl (C=O) groups excluding carboxylic acids is 1. The number of hydrogen-bond acceptors (Lipinski definition) is 6. The monoisotopic (exact) mass is 354 g/mol. The van der Waals surface area contributed by atoms with Crippen LogP contribution in [0, 0.1) is 0 Å². The van der Waals surface area contributed by atoms with Crippen molar-refractivity contribution in [2.75, 3.05) is 25.0 Å². The van der Waals surface area contributed by atoms with Gasteiger partial charge >= 0.3 is 0 Å². The van der Waals surface area contributed by atoms with E-state index in [-0.39, 0.29) is 11.5 Å². The molecule has 3 heterocycles. The van der Waals surface area contributed by atoms with Crippen LogP contribution in [0.2, 0.25) is 0 Å². The van der Waals surface area contributed by atoms with E-state index in [1.54, 1.807) is 12.3 Å². The quantitative estimate of drug-likeness (QED) is 0.628. The van der Waals surface area contributed by atoms with Crippen molar-refractivity contribution in [1.82, 2.24) is 25.1 Å². The first-order chi connectivity index (χ1) is 12.7. The second-order valence-electron chi connectivity index (χ2n) is 6.10. The Morgan fingerprint density at radius 3 is 3.12 bits per heavy atom. The molecular weight excluding hydrogens is 336 g/mol. The first kappa shape index (κ1) is 16.4. The molecule has 0 saturated carbocycles. The van der Waals surface area contributed by atoms with Gasteiger partial charge in [-0.15, -0.1) is 0 Å². The van der Waals surface area contributed by atoms with Crippen molar-refractivity contribution in [3.63, 3.8) is 0 Å². The van der Waals surface area contributed by atoms with Crippen molar-refractivity contribution in [2.24, 2.45) is 0 Å². The summed E-state index contributed by atoms with van der Waals surface area (Å²) in [5, 5.41) is 9.75. The number of H-pyrrole nitrogens is 2. The molecule has 1 fully saturated rings. The molecule has 1 aliphatic rings. The minimum atomic E-state index is -0.592. The van der Waals surface area contributed by atoms with E-state index in [2.05, 4.69) is 25.5 Å². The molecule has 1 atom stereocenters. The normalized spacial score (nSPS) is 18.1. The summed E-state index contributed by atoms with van der Waals surface area (Å²) >= 11 is 0. The lowest BCUT2D eigenvalue weighted by Gasteiger charge is -2.31. The summed E-state index contributed by atoms with van der Waals surface area (Å²) in [4.78, 5) is 33.9. The number of aromatic nitrogens is 4. The number of ether oxygens (including phenoxy) is 1. The molecule has 0 radical (unpaired) electrons. The van der Waals surface area contributed by atoms with Crippen LogP contribution in [0.1, 0.15) is 5.82 Å². The van der Waals surface area contributed by atoms with Crippen molar-refractivity contribution in [3.8, 4) is 0 Å². The number of amides is 1. The molecule has 0 aliphatic carbocycles. The van der Waals surface area contributed by atoms with E-state index >= 15 is 0 Å². The minimum absolute atomic E-state index is 0.159. The van der Waals surface area contributed by atoms with Gasteiger partial charge in [-0.2, -0.15) is 5.10 Å². The van der Waals surface area contributed by atoms with Crippen LogP contribution in [-0.2, 0) is 16.1 Å². The van der Waals surface area contributed by atoms with Gasteiger partial charge in [-0.1, -0.05) is 12.1 Å². The third-order valence-electron chi connectivity index (χ3n) is 4.24. The molecule has 0 spiro atoms. The second-order valence-corrected chi connectivity index (χ2v) is 6.10. The second kappa shape index (κ2) is 7.06. The number of nitrogens with one attached hydrogen (secondary N) is 3. The number of anilines is 1. The molecule has 9 nitrogen and oxygen atoms in total. The number of carbonyl (C=O) groups is 1. The Labute approximate surface area is 148 Å². The van der Waals surface area contributed by atoms with Crippen LogP contribution >= 0.6 is 0 Å². The van der Waals surface area contributed by atoms with E-state index in [9.17, 15) is 9.59 Å². The molecular formula is C17H18N6O3. The van der Waals surface area contributed by atoms with Gasteiger partial charge in [-0.05, 0) is 12.1 Å². The van der Waals surface area contributed by atoms with Crippen LogP contribution < -0.4 is 10.9 Å². The number of rotatable bonds is 4. The van der Waals surface area contributed by atoms with Gasteiger partial charge in [0.15, 0.2) is 0 Å². The summed E-state index contributed by atoms with van der Waals surface area (Å²) < 4.78 is 5.57. The first-order valence-corrected chi connectivity index (χ1v) is 8.30. The van der Waals surface area contributed by atoms with Crippen molar-refractivity contribution < 1.29 is 9.53 Å². The highest BCUT2D eigenvalue weighted by molar-refractivity contribution is 5.94. The van der Waals surface area contributed by atoms with Crippen LogP contribution in [0.5, 0.6) is 0 Å². The summed E-state index contributed by atoms with van der Waals surface area (Å²) in [6, 6.07) is 7.22. The maximum atomic E-state index is 12.3. The highest BCUT2D eigenvalue weighted by atomic mass is 16.5. The molecule has 1 amide bonds. The highest BCUT2D eigenvalue weighted by Gasteiger charge is 2.27. The Morgan fingerprint density at radius 2 is 2.27 bits per heavy atom. The summed E-state index contributed by atoms with van der Waals surface area (Å²) in [6.07, 6.45) is 2.54. The van der Waals surface area contributed by atoms with Crippen LogP contribution in [0.15, 0.2) is 41.5 Å². The number of fused-ring (bicyclic) bond motifs is 1. The van der Waals surface area contributed by atoms with E-state index in [0.717, 1.165) is 0 Å². The zero-order valence-electron chi connectivity index (χ0n) is 13.9. The van der Waals surface area contributed by atoms with E-state index in [4.69, 9.17) is 4.74 Å². The molecule has 3 N–H and O–H groups in total. The molecule has 3 aromatic rings.